The number of thiophene rings is 1. The number of nitrogens with two attached hydrogens (primary N) is 1. The zero-order chi connectivity index (χ0) is 14.0. The first-order chi connectivity index (χ1) is 9.08. The number of halogens is 1. The maximum Gasteiger partial charge on any atom is 0.206 e. The summed E-state index contributed by atoms with van der Waals surface area (Å²) in [5.74, 6) is 0.842. The molecule has 0 atom stereocenters. The van der Waals surface area contributed by atoms with Crippen molar-refractivity contribution in [3.63, 3.8) is 0 Å². The van der Waals surface area contributed by atoms with E-state index < -0.39 is 0 Å². The lowest BCUT2D eigenvalue weighted by Crippen LogP contribution is -2.05. The normalized spacial score (nSPS) is 10.3. The van der Waals surface area contributed by atoms with Crippen LogP contribution in [0.4, 0.5) is 5.69 Å². The molecule has 1 aromatic heterocycles. The van der Waals surface area contributed by atoms with Gasteiger partial charge in [0.05, 0.1) is 24.7 Å². The molecular weight excluding hydrogens is 330 g/mol. The summed E-state index contributed by atoms with van der Waals surface area (Å²) in [7, 11) is 3.04. The van der Waals surface area contributed by atoms with Crippen LogP contribution in [0.1, 0.15) is 15.2 Å². The summed E-state index contributed by atoms with van der Waals surface area (Å²) < 4.78 is 11.1. The smallest absolute Gasteiger partial charge is 0.206 e. The van der Waals surface area contributed by atoms with Gasteiger partial charge in [0.15, 0.2) is 11.5 Å². The highest BCUT2D eigenvalue weighted by molar-refractivity contribution is 9.10. The van der Waals surface area contributed by atoms with E-state index in [2.05, 4.69) is 15.9 Å². The molecular formula is C13H12BrNO3S. The number of benzene rings is 1. The van der Waals surface area contributed by atoms with Gasteiger partial charge in [-0.1, -0.05) is 0 Å². The van der Waals surface area contributed by atoms with Crippen molar-refractivity contribution >= 4 is 38.7 Å². The average molecular weight is 342 g/mol. The van der Waals surface area contributed by atoms with Gasteiger partial charge in [0.1, 0.15) is 0 Å². The monoisotopic (exact) mass is 341 g/mol. The maximum atomic E-state index is 12.4. The SMILES string of the molecule is COc1cc(N)c(C(=O)c2sccc2Br)cc1OC. The number of methoxy groups -OCH3 is 2. The quantitative estimate of drug-likeness (QED) is 0.684. The number of rotatable bonds is 4. The Morgan fingerprint density at radius 2 is 1.89 bits per heavy atom. The third-order valence-electron chi connectivity index (χ3n) is 2.62. The fourth-order valence-corrected chi connectivity index (χ4v) is 3.17. The van der Waals surface area contributed by atoms with Crippen molar-refractivity contribution in [3.8, 4) is 11.5 Å². The lowest BCUT2D eigenvalue weighted by Gasteiger charge is -2.11. The van der Waals surface area contributed by atoms with Crippen LogP contribution in [0, 0.1) is 0 Å². The van der Waals surface area contributed by atoms with Gasteiger partial charge in [-0.25, -0.2) is 0 Å². The molecule has 0 aliphatic carbocycles. The molecule has 0 radical (unpaired) electrons. The largest absolute Gasteiger partial charge is 0.493 e. The maximum absolute atomic E-state index is 12.4. The summed E-state index contributed by atoms with van der Waals surface area (Å²) in [5.41, 5.74) is 6.68. The van der Waals surface area contributed by atoms with Crippen molar-refractivity contribution in [1.82, 2.24) is 0 Å². The van der Waals surface area contributed by atoms with E-state index in [1.807, 2.05) is 11.4 Å². The molecule has 2 N–H and O–H groups in total. The van der Waals surface area contributed by atoms with E-state index in [4.69, 9.17) is 15.2 Å². The van der Waals surface area contributed by atoms with Crippen molar-refractivity contribution in [2.75, 3.05) is 20.0 Å². The first-order valence-electron chi connectivity index (χ1n) is 5.37. The molecule has 0 unspecified atom stereocenters. The fraction of sp³-hybridized carbons (Fsp3) is 0.154. The Kier molecular flexibility index (Phi) is 4.11. The molecule has 2 rings (SSSR count). The second-order valence-corrected chi connectivity index (χ2v) is 5.49. The lowest BCUT2D eigenvalue weighted by molar-refractivity contribution is 0.104. The van der Waals surface area contributed by atoms with Crippen molar-refractivity contribution in [1.29, 1.82) is 0 Å². The van der Waals surface area contributed by atoms with Gasteiger partial charge in [-0.3, -0.25) is 4.79 Å². The molecule has 2 aromatic rings. The highest BCUT2D eigenvalue weighted by Gasteiger charge is 2.19. The van der Waals surface area contributed by atoms with Crippen LogP contribution in [-0.4, -0.2) is 20.0 Å². The topological polar surface area (TPSA) is 61.5 Å². The van der Waals surface area contributed by atoms with Gasteiger partial charge in [-0.15, -0.1) is 11.3 Å². The predicted octanol–water partition coefficient (Wildman–Crippen LogP) is 3.34. The number of carbonyl (C=O) groups is 1. The van der Waals surface area contributed by atoms with E-state index in [9.17, 15) is 4.79 Å². The van der Waals surface area contributed by atoms with E-state index in [0.717, 1.165) is 4.47 Å². The molecule has 6 heteroatoms. The number of hydrogen-bond acceptors (Lipinski definition) is 5. The summed E-state index contributed by atoms with van der Waals surface area (Å²) in [4.78, 5) is 13.0. The van der Waals surface area contributed by atoms with Gasteiger partial charge in [0.25, 0.3) is 0 Å². The zero-order valence-corrected chi connectivity index (χ0v) is 12.8. The van der Waals surface area contributed by atoms with E-state index in [1.54, 1.807) is 12.1 Å². The number of ether oxygens (including phenoxy) is 2. The Labute approximate surface area is 123 Å². The molecule has 100 valence electrons. The van der Waals surface area contributed by atoms with Gasteiger partial charge in [0.2, 0.25) is 5.78 Å². The molecule has 19 heavy (non-hydrogen) atoms. The number of nitrogen functional groups attached to an aromatic ring is 1. The summed E-state index contributed by atoms with van der Waals surface area (Å²) in [6.07, 6.45) is 0. The van der Waals surface area contributed by atoms with Gasteiger partial charge in [-0.05, 0) is 33.4 Å². The molecule has 0 fully saturated rings. The Hall–Kier alpha value is -1.53. The second kappa shape index (κ2) is 5.63. The number of carbonyl (C=O) groups excluding carboxylic acids is 1. The van der Waals surface area contributed by atoms with Gasteiger partial charge in [-0.2, -0.15) is 0 Å². The van der Waals surface area contributed by atoms with Crippen LogP contribution in [0.15, 0.2) is 28.1 Å². The van der Waals surface area contributed by atoms with Crippen LogP contribution in [0.25, 0.3) is 0 Å². The highest BCUT2D eigenvalue weighted by Crippen LogP contribution is 2.34. The summed E-state index contributed by atoms with van der Waals surface area (Å²) in [5, 5.41) is 1.84. The number of hydrogen-bond donors (Lipinski definition) is 1. The molecule has 0 saturated heterocycles. The van der Waals surface area contributed by atoms with E-state index >= 15 is 0 Å². The van der Waals surface area contributed by atoms with Crippen molar-refractivity contribution < 1.29 is 14.3 Å². The first kappa shape index (κ1) is 13.9. The predicted molar refractivity (Wildman–Crippen MR) is 79.4 cm³/mol. The van der Waals surface area contributed by atoms with Gasteiger partial charge < -0.3 is 15.2 Å². The Balaban J connectivity index is 2.51. The van der Waals surface area contributed by atoms with Crippen LogP contribution in [0.5, 0.6) is 11.5 Å². The molecule has 0 spiro atoms. The third kappa shape index (κ3) is 2.59. The first-order valence-corrected chi connectivity index (χ1v) is 7.05. The van der Waals surface area contributed by atoms with Crippen LogP contribution < -0.4 is 15.2 Å². The van der Waals surface area contributed by atoms with Gasteiger partial charge >= 0.3 is 0 Å². The van der Waals surface area contributed by atoms with Crippen molar-refractivity contribution in [3.05, 3.63) is 38.5 Å². The van der Waals surface area contributed by atoms with E-state index in [1.165, 1.54) is 25.6 Å². The molecule has 1 aromatic carbocycles. The zero-order valence-electron chi connectivity index (χ0n) is 10.4. The minimum Gasteiger partial charge on any atom is -0.493 e. The Bertz CT molecular complexity index is 624. The van der Waals surface area contributed by atoms with Crippen LogP contribution >= 0.6 is 27.3 Å². The molecule has 0 aliphatic rings. The average Bonchev–Trinajstić information content (AvgIpc) is 2.83. The molecule has 4 nitrogen and oxygen atoms in total. The molecule has 0 amide bonds. The number of ketones is 1. The summed E-state index contributed by atoms with van der Waals surface area (Å²) in [6.45, 7) is 0. The van der Waals surface area contributed by atoms with E-state index in [0.29, 0.717) is 27.6 Å². The minimum absolute atomic E-state index is 0.139. The Morgan fingerprint density at radius 3 is 2.42 bits per heavy atom. The van der Waals surface area contributed by atoms with E-state index in [-0.39, 0.29) is 5.78 Å². The fourth-order valence-electron chi connectivity index (χ4n) is 1.67. The molecule has 0 saturated carbocycles. The second-order valence-electron chi connectivity index (χ2n) is 3.72. The minimum atomic E-state index is -0.139. The van der Waals surface area contributed by atoms with Crippen LogP contribution in [-0.2, 0) is 0 Å². The van der Waals surface area contributed by atoms with Crippen LogP contribution in [0.2, 0.25) is 0 Å². The lowest BCUT2D eigenvalue weighted by atomic mass is 10.1. The van der Waals surface area contributed by atoms with Crippen molar-refractivity contribution in [2.24, 2.45) is 0 Å². The summed E-state index contributed by atoms with van der Waals surface area (Å²) >= 11 is 4.71. The van der Waals surface area contributed by atoms with Crippen molar-refractivity contribution in [2.45, 2.75) is 0 Å². The third-order valence-corrected chi connectivity index (χ3v) is 4.46. The van der Waals surface area contributed by atoms with Crippen LogP contribution in [0.3, 0.4) is 0 Å². The molecule has 0 aliphatic heterocycles. The highest BCUT2D eigenvalue weighted by atomic mass is 79.9. The van der Waals surface area contributed by atoms with Gasteiger partial charge in [0, 0.05) is 16.2 Å². The molecule has 0 bridgehead atoms. The summed E-state index contributed by atoms with van der Waals surface area (Å²) in [6, 6.07) is 5.02. The number of anilines is 1. The Morgan fingerprint density at radius 1 is 1.26 bits per heavy atom. The molecule has 1 heterocycles. The standard InChI is InChI=1S/C13H12BrNO3S/c1-17-10-5-7(9(15)6-11(10)18-2)12(16)13-8(14)3-4-19-13/h3-6H,15H2,1-2H3.